The molecule has 0 heterocycles. The SMILES string of the molecule is CCCN(CC1CCCCC1)C(=O)CCc1ccccc1N. The molecule has 2 N–H and O–H groups in total. The zero-order valence-corrected chi connectivity index (χ0v) is 13.9. The Morgan fingerprint density at radius 2 is 1.95 bits per heavy atom. The highest BCUT2D eigenvalue weighted by Crippen LogP contribution is 2.25. The first-order valence-corrected chi connectivity index (χ1v) is 8.82. The number of para-hydroxylation sites is 1. The highest BCUT2D eigenvalue weighted by Gasteiger charge is 2.20. The lowest BCUT2D eigenvalue weighted by atomic mass is 9.89. The van der Waals surface area contributed by atoms with Crippen LogP contribution in [0.5, 0.6) is 0 Å². The number of carbonyl (C=O) groups excluding carboxylic acids is 1. The second kappa shape index (κ2) is 8.82. The van der Waals surface area contributed by atoms with Gasteiger partial charge in [-0.15, -0.1) is 0 Å². The first kappa shape index (κ1) is 16.9. The van der Waals surface area contributed by atoms with Crippen LogP contribution in [-0.2, 0) is 11.2 Å². The zero-order chi connectivity index (χ0) is 15.8. The van der Waals surface area contributed by atoms with Gasteiger partial charge in [0.1, 0.15) is 0 Å². The summed E-state index contributed by atoms with van der Waals surface area (Å²) in [6.07, 6.45) is 8.96. The Hall–Kier alpha value is -1.51. The number of nitrogens with two attached hydrogens (primary N) is 1. The molecule has 1 aliphatic rings. The first-order chi connectivity index (χ1) is 10.7. The lowest BCUT2D eigenvalue weighted by Crippen LogP contribution is -2.36. The highest BCUT2D eigenvalue weighted by molar-refractivity contribution is 5.76. The summed E-state index contributed by atoms with van der Waals surface area (Å²) in [5, 5.41) is 0. The van der Waals surface area contributed by atoms with Gasteiger partial charge in [-0.1, -0.05) is 44.4 Å². The van der Waals surface area contributed by atoms with E-state index in [1.165, 1.54) is 32.1 Å². The molecule has 122 valence electrons. The molecule has 1 aromatic rings. The quantitative estimate of drug-likeness (QED) is 0.773. The average molecular weight is 302 g/mol. The van der Waals surface area contributed by atoms with Crippen LogP contribution >= 0.6 is 0 Å². The van der Waals surface area contributed by atoms with Gasteiger partial charge in [-0.2, -0.15) is 0 Å². The molecule has 2 rings (SSSR count). The highest BCUT2D eigenvalue weighted by atomic mass is 16.2. The molecule has 1 saturated carbocycles. The fourth-order valence-corrected chi connectivity index (χ4v) is 3.43. The van der Waals surface area contributed by atoms with E-state index in [1.807, 2.05) is 24.3 Å². The largest absolute Gasteiger partial charge is 0.399 e. The fourth-order valence-electron chi connectivity index (χ4n) is 3.43. The number of nitrogen functional groups attached to an aromatic ring is 1. The zero-order valence-electron chi connectivity index (χ0n) is 13.9. The van der Waals surface area contributed by atoms with Crippen molar-refractivity contribution in [3.05, 3.63) is 29.8 Å². The smallest absolute Gasteiger partial charge is 0.222 e. The van der Waals surface area contributed by atoms with Gasteiger partial charge in [-0.3, -0.25) is 4.79 Å². The Kier molecular flexibility index (Phi) is 6.75. The van der Waals surface area contributed by atoms with Crippen molar-refractivity contribution >= 4 is 11.6 Å². The number of nitrogens with zero attached hydrogens (tertiary/aromatic N) is 1. The van der Waals surface area contributed by atoms with E-state index in [0.29, 0.717) is 12.3 Å². The van der Waals surface area contributed by atoms with Crippen molar-refractivity contribution in [2.45, 2.75) is 58.3 Å². The first-order valence-electron chi connectivity index (χ1n) is 8.82. The van der Waals surface area contributed by atoms with Crippen LogP contribution in [0.4, 0.5) is 5.69 Å². The molecular weight excluding hydrogens is 272 g/mol. The summed E-state index contributed by atoms with van der Waals surface area (Å²) in [5.74, 6) is 1.00. The van der Waals surface area contributed by atoms with Crippen LogP contribution < -0.4 is 5.73 Å². The van der Waals surface area contributed by atoms with E-state index in [9.17, 15) is 4.79 Å². The molecule has 1 amide bonds. The number of benzene rings is 1. The van der Waals surface area contributed by atoms with Crippen LogP contribution in [-0.4, -0.2) is 23.9 Å². The summed E-state index contributed by atoms with van der Waals surface area (Å²) in [5.41, 5.74) is 7.85. The maximum absolute atomic E-state index is 12.6. The van der Waals surface area contributed by atoms with Crippen LogP contribution in [0.3, 0.4) is 0 Å². The average Bonchev–Trinajstić information content (AvgIpc) is 2.54. The molecule has 0 radical (unpaired) electrons. The molecule has 0 atom stereocenters. The number of aryl methyl sites for hydroxylation is 1. The Bertz CT molecular complexity index is 466. The third-order valence-electron chi connectivity index (χ3n) is 4.71. The van der Waals surface area contributed by atoms with Gasteiger partial charge < -0.3 is 10.6 Å². The van der Waals surface area contributed by atoms with Crippen LogP contribution in [0.25, 0.3) is 0 Å². The summed E-state index contributed by atoms with van der Waals surface area (Å²) < 4.78 is 0. The number of hydrogen-bond donors (Lipinski definition) is 1. The van der Waals surface area contributed by atoms with Crippen molar-refractivity contribution in [3.63, 3.8) is 0 Å². The minimum atomic E-state index is 0.288. The second-order valence-corrected chi connectivity index (χ2v) is 6.54. The lowest BCUT2D eigenvalue weighted by molar-refractivity contribution is -0.132. The van der Waals surface area contributed by atoms with E-state index in [1.54, 1.807) is 0 Å². The van der Waals surface area contributed by atoms with Gasteiger partial charge in [0.2, 0.25) is 5.91 Å². The Balaban J connectivity index is 1.87. The number of carbonyl (C=O) groups is 1. The predicted octanol–water partition coefficient (Wildman–Crippen LogP) is 4.02. The normalized spacial score (nSPS) is 15.7. The van der Waals surface area contributed by atoms with E-state index in [4.69, 9.17) is 5.73 Å². The van der Waals surface area contributed by atoms with E-state index in [2.05, 4.69) is 11.8 Å². The second-order valence-electron chi connectivity index (χ2n) is 6.54. The molecule has 0 spiro atoms. The van der Waals surface area contributed by atoms with E-state index >= 15 is 0 Å². The summed E-state index contributed by atoms with van der Waals surface area (Å²) in [7, 11) is 0. The van der Waals surface area contributed by atoms with Crippen molar-refractivity contribution in [3.8, 4) is 0 Å². The Labute approximate surface area is 134 Å². The molecule has 0 aliphatic heterocycles. The Morgan fingerprint density at radius 1 is 1.23 bits per heavy atom. The molecule has 3 nitrogen and oxygen atoms in total. The molecule has 1 aromatic carbocycles. The summed E-state index contributed by atoms with van der Waals surface area (Å²) in [4.78, 5) is 14.7. The van der Waals surface area contributed by atoms with Crippen molar-refractivity contribution in [2.75, 3.05) is 18.8 Å². The standard InChI is InChI=1S/C19H30N2O/c1-2-14-21(15-16-8-4-3-5-9-16)19(22)13-12-17-10-6-7-11-18(17)20/h6-7,10-11,16H,2-5,8-9,12-15,20H2,1H3. The van der Waals surface area contributed by atoms with Crippen LogP contribution in [0, 0.1) is 5.92 Å². The van der Waals surface area contributed by atoms with Crippen molar-refractivity contribution < 1.29 is 4.79 Å². The predicted molar refractivity (Wildman–Crippen MR) is 92.6 cm³/mol. The third-order valence-corrected chi connectivity index (χ3v) is 4.71. The van der Waals surface area contributed by atoms with Gasteiger partial charge in [0.15, 0.2) is 0 Å². The molecule has 1 fully saturated rings. The number of hydrogen-bond acceptors (Lipinski definition) is 2. The maximum atomic E-state index is 12.6. The van der Waals surface area contributed by atoms with Crippen molar-refractivity contribution in [2.24, 2.45) is 5.92 Å². The van der Waals surface area contributed by atoms with Crippen LogP contribution in [0.1, 0.15) is 57.4 Å². The molecule has 0 unspecified atom stereocenters. The molecule has 3 heteroatoms. The molecular formula is C19H30N2O. The van der Waals surface area contributed by atoms with Crippen LogP contribution in [0.15, 0.2) is 24.3 Å². The minimum absolute atomic E-state index is 0.288. The fraction of sp³-hybridized carbons (Fsp3) is 0.632. The van der Waals surface area contributed by atoms with Gasteiger partial charge in [-0.05, 0) is 43.2 Å². The molecule has 0 bridgehead atoms. The number of rotatable bonds is 7. The summed E-state index contributed by atoms with van der Waals surface area (Å²) in [6, 6.07) is 7.86. The van der Waals surface area contributed by atoms with E-state index in [-0.39, 0.29) is 5.91 Å². The van der Waals surface area contributed by atoms with E-state index in [0.717, 1.165) is 37.2 Å². The molecule has 22 heavy (non-hydrogen) atoms. The molecule has 1 aliphatic carbocycles. The Morgan fingerprint density at radius 3 is 2.64 bits per heavy atom. The van der Waals surface area contributed by atoms with Crippen molar-refractivity contribution in [1.29, 1.82) is 0 Å². The summed E-state index contributed by atoms with van der Waals surface area (Å²) in [6.45, 7) is 3.99. The summed E-state index contributed by atoms with van der Waals surface area (Å²) >= 11 is 0. The van der Waals surface area contributed by atoms with Crippen molar-refractivity contribution in [1.82, 2.24) is 4.90 Å². The van der Waals surface area contributed by atoms with Gasteiger partial charge in [0.05, 0.1) is 0 Å². The number of amides is 1. The monoisotopic (exact) mass is 302 g/mol. The lowest BCUT2D eigenvalue weighted by Gasteiger charge is -2.30. The van der Waals surface area contributed by atoms with E-state index < -0.39 is 0 Å². The minimum Gasteiger partial charge on any atom is -0.399 e. The maximum Gasteiger partial charge on any atom is 0.222 e. The number of anilines is 1. The third kappa shape index (κ3) is 5.04. The molecule has 0 aromatic heterocycles. The van der Waals surface area contributed by atoms with Gasteiger partial charge in [0, 0.05) is 25.2 Å². The van der Waals surface area contributed by atoms with Crippen LogP contribution in [0.2, 0.25) is 0 Å². The van der Waals surface area contributed by atoms with Gasteiger partial charge in [0.25, 0.3) is 0 Å². The molecule has 0 saturated heterocycles. The van der Waals surface area contributed by atoms with Gasteiger partial charge in [-0.25, -0.2) is 0 Å². The topological polar surface area (TPSA) is 46.3 Å². The van der Waals surface area contributed by atoms with Gasteiger partial charge >= 0.3 is 0 Å².